The van der Waals surface area contributed by atoms with Crippen molar-refractivity contribution in [1.82, 2.24) is 34.6 Å². The molecule has 2 aromatic carbocycles. The highest BCUT2D eigenvalue weighted by Crippen LogP contribution is 2.39. The maximum Gasteiger partial charge on any atom is 0.263 e. The number of ketones is 1. The molecule has 0 bridgehead atoms. The smallest absolute Gasteiger partial charge is 0.263 e. The minimum Gasteiger partial charge on any atom is -0.385 e. The number of hydrogen-bond donors (Lipinski definition) is 3. The fourth-order valence-electron chi connectivity index (χ4n) is 10.9. The normalized spacial score (nSPS) is 20.8. The standard InChI is InChI=1S/C50H56N10O6/c1-30-40-28-52-49(55-45(40)60(37-6-4-5-7-37)48(65)44(30)32(3)61)53-42-16-13-38(27-51-42)58-24-22-57(23-25-58)36-11-8-33(9-12-36)31(2)56-20-18-50(66,19-21-56)35-10-14-39-34(26-35)29-59(47(39)64)41-15-17-43(62)54-46(41)63/h8-14,16,26-28,31,37,41,66H,4-7,15,17-25,29H2,1-3H3,(H,54,62,63)(H,51,52,53,55)/t31-,41?/m0/s1. The van der Waals surface area contributed by atoms with Gasteiger partial charge >= 0.3 is 0 Å². The number of hydrogen-bond acceptors (Lipinski definition) is 13. The minimum absolute atomic E-state index is 0.00484. The lowest BCUT2D eigenvalue weighted by Gasteiger charge is -2.41. The molecule has 7 heterocycles. The van der Waals surface area contributed by atoms with E-state index in [1.165, 1.54) is 18.2 Å². The summed E-state index contributed by atoms with van der Waals surface area (Å²) in [6.45, 7) is 10.6. The summed E-state index contributed by atoms with van der Waals surface area (Å²) in [6, 6.07) is 17.9. The van der Waals surface area contributed by atoms with E-state index in [0.717, 1.165) is 81.8 Å². The molecule has 5 aromatic rings. The Kier molecular flexibility index (Phi) is 11.4. The number of aliphatic hydroxyl groups is 1. The zero-order chi connectivity index (χ0) is 45.9. The van der Waals surface area contributed by atoms with E-state index in [1.807, 2.05) is 30.5 Å². The fourth-order valence-corrected chi connectivity index (χ4v) is 10.9. The van der Waals surface area contributed by atoms with Gasteiger partial charge in [-0.05, 0) is 105 Å². The zero-order valence-electron chi connectivity index (χ0n) is 37.8. The van der Waals surface area contributed by atoms with Gasteiger partial charge in [0.05, 0.1) is 23.0 Å². The molecule has 0 spiro atoms. The Bertz CT molecular complexity index is 2790. The van der Waals surface area contributed by atoms with Gasteiger partial charge in [-0.1, -0.05) is 37.1 Å². The van der Waals surface area contributed by atoms with Crippen LogP contribution in [-0.2, 0) is 21.7 Å². The number of aryl methyl sites for hydroxylation is 1. The first kappa shape index (κ1) is 43.4. The van der Waals surface area contributed by atoms with Gasteiger partial charge in [-0.15, -0.1) is 0 Å². The lowest BCUT2D eigenvalue weighted by atomic mass is 9.82. The van der Waals surface area contributed by atoms with E-state index in [4.69, 9.17) is 9.97 Å². The second-order valence-electron chi connectivity index (χ2n) is 18.7. The van der Waals surface area contributed by atoms with Crippen LogP contribution in [0.4, 0.5) is 23.1 Å². The van der Waals surface area contributed by atoms with Crippen molar-refractivity contribution in [2.45, 2.75) is 102 Å². The number of rotatable bonds is 10. The molecule has 3 saturated heterocycles. The molecular formula is C50H56N10O6. The zero-order valence-corrected chi connectivity index (χ0v) is 37.8. The number of piperidine rings is 2. The molecule has 3 N–H and O–H groups in total. The Balaban J connectivity index is 0.724. The van der Waals surface area contributed by atoms with Gasteiger partial charge in [0.15, 0.2) is 5.78 Å². The molecule has 10 rings (SSSR count). The molecule has 16 heteroatoms. The number of anilines is 4. The maximum atomic E-state index is 13.6. The number of nitrogens with one attached hydrogen (secondary N) is 2. The number of carbonyl (C=O) groups excluding carboxylic acids is 4. The number of imide groups is 1. The monoisotopic (exact) mass is 892 g/mol. The third kappa shape index (κ3) is 7.99. The van der Waals surface area contributed by atoms with Gasteiger partial charge < -0.3 is 25.1 Å². The van der Waals surface area contributed by atoms with E-state index < -0.39 is 17.6 Å². The van der Waals surface area contributed by atoms with Gasteiger partial charge in [0.2, 0.25) is 17.8 Å². The van der Waals surface area contributed by atoms with Gasteiger partial charge in [-0.3, -0.25) is 38.8 Å². The van der Waals surface area contributed by atoms with Crippen molar-refractivity contribution in [1.29, 1.82) is 0 Å². The van der Waals surface area contributed by atoms with Crippen molar-refractivity contribution in [3.05, 3.63) is 111 Å². The number of nitrogens with zero attached hydrogens (tertiary/aromatic N) is 8. The van der Waals surface area contributed by atoms with Crippen molar-refractivity contribution in [2.24, 2.45) is 0 Å². The van der Waals surface area contributed by atoms with Crippen LogP contribution in [0.5, 0.6) is 0 Å². The summed E-state index contributed by atoms with van der Waals surface area (Å²) >= 11 is 0. The predicted octanol–water partition coefficient (Wildman–Crippen LogP) is 5.69. The van der Waals surface area contributed by atoms with Crippen LogP contribution >= 0.6 is 0 Å². The third-order valence-corrected chi connectivity index (χ3v) is 14.9. The second-order valence-corrected chi connectivity index (χ2v) is 18.7. The van der Waals surface area contributed by atoms with E-state index in [1.54, 1.807) is 28.7 Å². The fraction of sp³-hybridized carbons (Fsp3) is 0.440. The van der Waals surface area contributed by atoms with Gasteiger partial charge in [-0.2, -0.15) is 4.98 Å². The first-order chi connectivity index (χ1) is 31.8. The van der Waals surface area contributed by atoms with Crippen molar-refractivity contribution < 1.29 is 24.3 Å². The molecule has 1 saturated carbocycles. The minimum atomic E-state index is -1.02. The molecule has 2 atom stereocenters. The summed E-state index contributed by atoms with van der Waals surface area (Å²) in [5, 5.41) is 18.2. The molecule has 5 aliphatic rings. The highest BCUT2D eigenvalue weighted by Gasteiger charge is 2.41. The summed E-state index contributed by atoms with van der Waals surface area (Å²) < 4.78 is 1.72. The van der Waals surface area contributed by atoms with E-state index >= 15 is 0 Å². The van der Waals surface area contributed by atoms with Crippen LogP contribution < -0.4 is 26.0 Å². The SMILES string of the molecule is CC(=O)c1c(C)c2cnc(Nc3ccc(N4CCN(c5ccc([C@H](C)N6CCC(O)(c7ccc8c(c7)CN(C7CCC(=O)NC7=O)C8=O)CC6)cc5)CC4)cn3)nc2n(C2CCCC2)c1=O. The van der Waals surface area contributed by atoms with E-state index in [-0.39, 0.29) is 53.8 Å². The molecule has 342 valence electrons. The highest BCUT2D eigenvalue weighted by atomic mass is 16.3. The van der Waals surface area contributed by atoms with E-state index in [2.05, 4.69) is 61.5 Å². The third-order valence-electron chi connectivity index (χ3n) is 14.9. The lowest BCUT2D eigenvalue weighted by Crippen LogP contribution is -2.52. The van der Waals surface area contributed by atoms with Crippen LogP contribution in [0, 0.1) is 6.92 Å². The summed E-state index contributed by atoms with van der Waals surface area (Å²) in [6.07, 6.45) is 9.04. The van der Waals surface area contributed by atoms with Crippen LogP contribution in [0.3, 0.4) is 0 Å². The number of Topliss-reactive ketones (excluding diaryl/α,β-unsaturated/α-hetero) is 1. The Morgan fingerprint density at radius 2 is 1.56 bits per heavy atom. The molecule has 66 heavy (non-hydrogen) atoms. The summed E-state index contributed by atoms with van der Waals surface area (Å²) in [4.78, 5) is 86.3. The number of carbonyl (C=O) groups is 4. The van der Waals surface area contributed by atoms with E-state index in [0.29, 0.717) is 53.2 Å². The average molecular weight is 893 g/mol. The van der Waals surface area contributed by atoms with Crippen LogP contribution in [0.1, 0.15) is 120 Å². The van der Waals surface area contributed by atoms with E-state index in [9.17, 15) is 29.1 Å². The molecule has 1 aliphatic carbocycles. The van der Waals surface area contributed by atoms with Crippen LogP contribution in [0.2, 0.25) is 0 Å². The quantitative estimate of drug-likeness (QED) is 0.115. The number of pyridine rings is 2. The first-order valence-electron chi connectivity index (χ1n) is 23.4. The predicted molar refractivity (Wildman–Crippen MR) is 250 cm³/mol. The van der Waals surface area contributed by atoms with Crippen LogP contribution in [0.15, 0.2) is 71.8 Å². The number of aromatic nitrogens is 4. The topological polar surface area (TPSA) is 186 Å². The summed E-state index contributed by atoms with van der Waals surface area (Å²) in [5.74, 6) is -0.258. The number of fused-ring (bicyclic) bond motifs is 2. The summed E-state index contributed by atoms with van der Waals surface area (Å²) in [7, 11) is 0. The van der Waals surface area contributed by atoms with Crippen molar-refractivity contribution in [2.75, 3.05) is 54.4 Å². The van der Waals surface area contributed by atoms with Gasteiger partial charge in [0.25, 0.3) is 11.5 Å². The molecule has 4 fully saturated rings. The molecule has 3 aromatic heterocycles. The lowest BCUT2D eigenvalue weighted by molar-refractivity contribution is -0.136. The molecule has 16 nitrogen and oxygen atoms in total. The Labute approximate surface area is 383 Å². The Hall–Kier alpha value is -6.52. The van der Waals surface area contributed by atoms with Gasteiger partial charge in [0.1, 0.15) is 17.5 Å². The van der Waals surface area contributed by atoms with Crippen molar-refractivity contribution in [3.63, 3.8) is 0 Å². The average Bonchev–Trinajstić information content (AvgIpc) is 3.97. The van der Waals surface area contributed by atoms with Crippen molar-refractivity contribution in [3.8, 4) is 0 Å². The molecular weight excluding hydrogens is 837 g/mol. The molecule has 0 radical (unpaired) electrons. The Morgan fingerprint density at radius 1 is 0.864 bits per heavy atom. The second kappa shape index (κ2) is 17.4. The number of likely N-dealkylation sites (tertiary alicyclic amines) is 1. The Morgan fingerprint density at radius 3 is 2.23 bits per heavy atom. The van der Waals surface area contributed by atoms with Crippen LogP contribution in [0.25, 0.3) is 11.0 Å². The van der Waals surface area contributed by atoms with Gasteiger partial charge in [-0.25, -0.2) is 9.97 Å². The highest BCUT2D eigenvalue weighted by molar-refractivity contribution is 6.05. The molecule has 4 aliphatic heterocycles. The molecule has 1 unspecified atom stereocenters. The number of benzene rings is 2. The number of piperazine rings is 1. The van der Waals surface area contributed by atoms with Crippen molar-refractivity contribution >= 4 is 57.7 Å². The number of amides is 3. The first-order valence-corrected chi connectivity index (χ1v) is 23.4. The largest absolute Gasteiger partial charge is 0.385 e. The van der Waals surface area contributed by atoms with Gasteiger partial charge in [0, 0.05) is 87.2 Å². The molecule has 3 amide bonds. The summed E-state index contributed by atoms with van der Waals surface area (Å²) in [5.41, 5.74) is 5.66. The maximum absolute atomic E-state index is 13.6. The van der Waals surface area contributed by atoms with Crippen LogP contribution in [-0.4, -0.2) is 103 Å².